The third kappa shape index (κ3) is 3.12. The van der Waals surface area contributed by atoms with Crippen molar-refractivity contribution >= 4 is 11.8 Å². The first kappa shape index (κ1) is 12.3. The van der Waals surface area contributed by atoms with Gasteiger partial charge in [-0.25, -0.2) is 0 Å². The van der Waals surface area contributed by atoms with Crippen LogP contribution in [-0.4, -0.2) is 55.8 Å². The van der Waals surface area contributed by atoms with Crippen LogP contribution in [-0.2, 0) is 4.74 Å². The van der Waals surface area contributed by atoms with Crippen molar-refractivity contribution in [1.29, 1.82) is 0 Å². The molecular formula is C10H22N2OS. The Kier molecular flexibility index (Phi) is 5.23. The van der Waals surface area contributed by atoms with Gasteiger partial charge in [0.25, 0.3) is 0 Å². The number of nitrogens with zero attached hydrogens (tertiary/aromatic N) is 1. The standard InChI is InChI=1S/C10H22N2OS/c1-13-8-7-12-5-3-10(9-11,14-2)4-6-12/h3-9,11H2,1-2H3. The lowest BCUT2D eigenvalue weighted by Gasteiger charge is -2.39. The highest BCUT2D eigenvalue weighted by molar-refractivity contribution is 8.00. The Morgan fingerprint density at radius 1 is 1.43 bits per heavy atom. The topological polar surface area (TPSA) is 38.5 Å². The summed E-state index contributed by atoms with van der Waals surface area (Å²) in [6.45, 7) is 5.05. The SMILES string of the molecule is COCCN1CCC(CN)(SC)CC1. The van der Waals surface area contributed by atoms with Gasteiger partial charge < -0.3 is 15.4 Å². The zero-order chi connectivity index (χ0) is 10.4. The number of likely N-dealkylation sites (tertiary alicyclic amines) is 1. The maximum atomic E-state index is 5.83. The second-order valence-electron chi connectivity index (χ2n) is 3.93. The van der Waals surface area contributed by atoms with Crippen LogP contribution in [0.2, 0.25) is 0 Å². The number of thioether (sulfide) groups is 1. The van der Waals surface area contributed by atoms with Gasteiger partial charge in [-0.2, -0.15) is 11.8 Å². The third-order valence-electron chi connectivity index (χ3n) is 3.18. The van der Waals surface area contributed by atoms with Gasteiger partial charge in [-0.05, 0) is 32.2 Å². The van der Waals surface area contributed by atoms with Gasteiger partial charge >= 0.3 is 0 Å². The van der Waals surface area contributed by atoms with E-state index in [1.807, 2.05) is 11.8 Å². The number of ether oxygens (including phenoxy) is 1. The monoisotopic (exact) mass is 218 g/mol. The number of hydrogen-bond donors (Lipinski definition) is 1. The van der Waals surface area contributed by atoms with Gasteiger partial charge in [-0.1, -0.05) is 0 Å². The largest absolute Gasteiger partial charge is 0.383 e. The summed E-state index contributed by atoms with van der Waals surface area (Å²) in [5.74, 6) is 0. The summed E-state index contributed by atoms with van der Waals surface area (Å²) >= 11 is 1.94. The van der Waals surface area contributed by atoms with Gasteiger partial charge in [-0.15, -0.1) is 0 Å². The van der Waals surface area contributed by atoms with E-state index >= 15 is 0 Å². The zero-order valence-electron chi connectivity index (χ0n) is 9.29. The highest BCUT2D eigenvalue weighted by atomic mass is 32.2. The lowest BCUT2D eigenvalue weighted by Crippen LogP contribution is -2.47. The van der Waals surface area contributed by atoms with Crippen molar-refractivity contribution in [3.63, 3.8) is 0 Å². The van der Waals surface area contributed by atoms with E-state index in [0.717, 1.165) is 19.7 Å². The van der Waals surface area contributed by atoms with Crippen molar-refractivity contribution < 1.29 is 4.74 Å². The average molecular weight is 218 g/mol. The van der Waals surface area contributed by atoms with Crippen molar-refractivity contribution in [3.05, 3.63) is 0 Å². The molecule has 0 aromatic heterocycles. The summed E-state index contributed by atoms with van der Waals surface area (Å²) < 4.78 is 5.43. The van der Waals surface area contributed by atoms with Crippen molar-refractivity contribution in [2.45, 2.75) is 17.6 Å². The predicted molar refractivity (Wildman–Crippen MR) is 62.9 cm³/mol. The fourth-order valence-electron chi connectivity index (χ4n) is 1.90. The van der Waals surface area contributed by atoms with Crippen LogP contribution in [0, 0.1) is 0 Å². The molecule has 84 valence electrons. The maximum absolute atomic E-state index is 5.83. The summed E-state index contributed by atoms with van der Waals surface area (Å²) in [6.07, 6.45) is 4.61. The first-order chi connectivity index (χ1) is 6.76. The fourth-order valence-corrected chi connectivity index (χ4v) is 2.65. The van der Waals surface area contributed by atoms with E-state index in [9.17, 15) is 0 Å². The highest BCUT2D eigenvalue weighted by Gasteiger charge is 2.32. The molecule has 1 aliphatic heterocycles. The van der Waals surface area contributed by atoms with E-state index < -0.39 is 0 Å². The summed E-state index contributed by atoms with van der Waals surface area (Å²) in [5.41, 5.74) is 5.83. The van der Waals surface area contributed by atoms with Crippen LogP contribution in [0.3, 0.4) is 0 Å². The van der Waals surface area contributed by atoms with Gasteiger partial charge in [-0.3, -0.25) is 0 Å². The summed E-state index contributed by atoms with van der Waals surface area (Å²) in [4.78, 5) is 2.47. The van der Waals surface area contributed by atoms with Gasteiger partial charge in [0.2, 0.25) is 0 Å². The number of rotatable bonds is 5. The highest BCUT2D eigenvalue weighted by Crippen LogP contribution is 2.33. The van der Waals surface area contributed by atoms with Crippen molar-refractivity contribution in [2.75, 3.05) is 46.2 Å². The molecule has 3 nitrogen and oxygen atoms in total. The second kappa shape index (κ2) is 5.95. The van der Waals surface area contributed by atoms with E-state index in [1.165, 1.54) is 25.9 Å². The Morgan fingerprint density at radius 2 is 2.07 bits per heavy atom. The molecule has 0 amide bonds. The normalized spacial score (nSPS) is 22.5. The molecule has 14 heavy (non-hydrogen) atoms. The van der Waals surface area contributed by atoms with Crippen LogP contribution in [0.15, 0.2) is 0 Å². The molecule has 1 aliphatic rings. The van der Waals surface area contributed by atoms with Crippen molar-refractivity contribution in [1.82, 2.24) is 4.90 Å². The first-order valence-corrected chi connectivity index (χ1v) is 6.45. The van der Waals surface area contributed by atoms with Crippen molar-refractivity contribution in [3.8, 4) is 0 Å². The van der Waals surface area contributed by atoms with E-state index in [2.05, 4.69) is 11.2 Å². The van der Waals surface area contributed by atoms with Gasteiger partial charge in [0.1, 0.15) is 0 Å². The van der Waals surface area contributed by atoms with Crippen LogP contribution in [0.4, 0.5) is 0 Å². The van der Waals surface area contributed by atoms with Crippen LogP contribution < -0.4 is 5.73 Å². The van der Waals surface area contributed by atoms with Gasteiger partial charge in [0.15, 0.2) is 0 Å². The van der Waals surface area contributed by atoms with Gasteiger partial charge in [0.05, 0.1) is 6.61 Å². The number of hydrogen-bond acceptors (Lipinski definition) is 4. The lowest BCUT2D eigenvalue weighted by atomic mass is 9.96. The molecule has 0 aromatic carbocycles. The van der Waals surface area contributed by atoms with Crippen LogP contribution in [0.5, 0.6) is 0 Å². The molecule has 1 saturated heterocycles. The lowest BCUT2D eigenvalue weighted by molar-refractivity contribution is 0.127. The Labute approximate surface area is 91.4 Å². The minimum absolute atomic E-state index is 0.351. The van der Waals surface area contributed by atoms with E-state index in [-0.39, 0.29) is 0 Å². The van der Waals surface area contributed by atoms with Crippen LogP contribution in [0.1, 0.15) is 12.8 Å². The molecule has 1 heterocycles. The Bertz CT molecular complexity index is 152. The summed E-state index contributed by atoms with van der Waals surface area (Å²) in [7, 11) is 1.76. The fraction of sp³-hybridized carbons (Fsp3) is 1.00. The summed E-state index contributed by atoms with van der Waals surface area (Å²) in [5, 5.41) is 0. The van der Waals surface area contributed by atoms with Crippen LogP contribution in [0.25, 0.3) is 0 Å². The maximum Gasteiger partial charge on any atom is 0.0589 e. The Balaban J connectivity index is 2.29. The number of nitrogens with two attached hydrogens (primary N) is 1. The molecule has 2 N–H and O–H groups in total. The third-order valence-corrected chi connectivity index (χ3v) is 4.62. The molecule has 0 aromatic rings. The van der Waals surface area contributed by atoms with Crippen molar-refractivity contribution in [2.24, 2.45) is 5.73 Å². The zero-order valence-corrected chi connectivity index (χ0v) is 10.1. The van der Waals surface area contributed by atoms with Gasteiger partial charge in [0, 0.05) is 24.9 Å². The first-order valence-electron chi connectivity index (χ1n) is 5.23. The van der Waals surface area contributed by atoms with E-state index in [4.69, 9.17) is 10.5 Å². The second-order valence-corrected chi connectivity index (χ2v) is 5.20. The van der Waals surface area contributed by atoms with Crippen LogP contribution >= 0.6 is 11.8 Å². The minimum Gasteiger partial charge on any atom is -0.383 e. The number of piperidine rings is 1. The number of methoxy groups -OCH3 is 1. The molecule has 0 aliphatic carbocycles. The average Bonchev–Trinajstić information content (AvgIpc) is 2.27. The van der Waals surface area contributed by atoms with E-state index in [0.29, 0.717) is 4.75 Å². The summed E-state index contributed by atoms with van der Waals surface area (Å²) in [6, 6.07) is 0. The molecule has 0 saturated carbocycles. The minimum atomic E-state index is 0.351. The molecule has 0 spiro atoms. The molecule has 1 fully saturated rings. The Morgan fingerprint density at radius 3 is 2.50 bits per heavy atom. The molecule has 0 radical (unpaired) electrons. The quantitative estimate of drug-likeness (QED) is 0.740. The predicted octanol–water partition coefficient (Wildman–Crippen LogP) is 0.789. The molecule has 4 heteroatoms. The molecule has 0 bridgehead atoms. The molecule has 0 unspecified atom stereocenters. The Hall–Kier alpha value is 0.230. The van der Waals surface area contributed by atoms with E-state index in [1.54, 1.807) is 7.11 Å². The molecule has 0 atom stereocenters. The molecular weight excluding hydrogens is 196 g/mol. The smallest absolute Gasteiger partial charge is 0.0589 e. The molecule has 1 rings (SSSR count).